The number of nitrogens with one attached hydrogen (secondary N) is 1. The van der Waals surface area contributed by atoms with Gasteiger partial charge in [0.1, 0.15) is 12.6 Å². The maximum absolute atomic E-state index is 13.8. The van der Waals surface area contributed by atoms with Crippen molar-refractivity contribution in [3.63, 3.8) is 0 Å². The highest BCUT2D eigenvalue weighted by Gasteiger charge is 2.36. The number of fused-ring (bicyclic) bond motifs is 1. The fraction of sp³-hybridized carbons (Fsp3) is 0.276. The van der Waals surface area contributed by atoms with Gasteiger partial charge >= 0.3 is 0 Å². The van der Waals surface area contributed by atoms with Gasteiger partial charge < -0.3 is 5.32 Å². The Bertz CT molecular complexity index is 1180. The number of aliphatic imine (C=N–C) groups is 1. The standard InChI is InChI=1S/C29H29N3O2/c33-26-20-30-27(21-12-4-1-5-13-21)24-18-10-11-19-25(24)32(26)28(22-14-6-2-7-15-22)29(34)31-23-16-8-3-9-17-23/h1-2,4-7,10-15,18-19,23,28H,3,8-9,16-17,20H2,(H,31,34). The molecule has 5 rings (SSSR count). The topological polar surface area (TPSA) is 61.8 Å². The molecule has 5 nitrogen and oxygen atoms in total. The number of hydrogen-bond donors (Lipinski definition) is 1. The fourth-order valence-corrected chi connectivity index (χ4v) is 5.03. The number of carbonyl (C=O) groups excluding carboxylic acids is 2. The van der Waals surface area contributed by atoms with Crippen LogP contribution in [0.25, 0.3) is 0 Å². The summed E-state index contributed by atoms with van der Waals surface area (Å²) >= 11 is 0. The third-order valence-electron chi connectivity index (χ3n) is 6.68. The first kappa shape index (κ1) is 22.1. The normalized spacial score (nSPS) is 17.4. The van der Waals surface area contributed by atoms with E-state index in [1.165, 1.54) is 6.42 Å². The van der Waals surface area contributed by atoms with Gasteiger partial charge in [0.05, 0.1) is 11.4 Å². The van der Waals surface area contributed by atoms with Gasteiger partial charge in [-0.25, -0.2) is 0 Å². The predicted molar refractivity (Wildman–Crippen MR) is 135 cm³/mol. The minimum Gasteiger partial charge on any atom is -0.351 e. The van der Waals surface area contributed by atoms with Crippen molar-refractivity contribution < 1.29 is 9.59 Å². The van der Waals surface area contributed by atoms with Crippen LogP contribution in [0.1, 0.15) is 54.8 Å². The van der Waals surface area contributed by atoms with E-state index in [1.54, 1.807) is 4.90 Å². The van der Waals surface area contributed by atoms with Gasteiger partial charge in [0.25, 0.3) is 0 Å². The van der Waals surface area contributed by atoms with Crippen LogP contribution in [-0.2, 0) is 9.59 Å². The Morgan fingerprint density at radius 3 is 2.24 bits per heavy atom. The average molecular weight is 452 g/mol. The maximum Gasteiger partial charge on any atom is 0.249 e. The van der Waals surface area contributed by atoms with Gasteiger partial charge in [-0.1, -0.05) is 98.1 Å². The summed E-state index contributed by atoms with van der Waals surface area (Å²) in [4.78, 5) is 33.8. The van der Waals surface area contributed by atoms with E-state index in [0.29, 0.717) is 5.69 Å². The van der Waals surface area contributed by atoms with Crippen LogP contribution < -0.4 is 10.2 Å². The molecule has 1 heterocycles. The van der Waals surface area contributed by atoms with Crippen molar-refractivity contribution in [3.8, 4) is 0 Å². The highest BCUT2D eigenvalue weighted by molar-refractivity contribution is 6.20. The smallest absolute Gasteiger partial charge is 0.249 e. The molecule has 5 heteroatoms. The van der Waals surface area contributed by atoms with Crippen LogP contribution in [0.3, 0.4) is 0 Å². The summed E-state index contributed by atoms with van der Waals surface area (Å²) in [6, 6.07) is 26.6. The van der Waals surface area contributed by atoms with Crippen molar-refractivity contribution in [2.45, 2.75) is 44.2 Å². The summed E-state index contributed by atoms with van der Waals surface area (Å²) in [6.07, 6.45) is 5.44. The van der Waals surface area contributed by atoms with Crippen molar-refractivity contribution in [3.05, 3.63) is 102 Å². The van der Waals surface area contributed by atoms with Gasteiger partial charge in [-0.2, -0.15) is 0 Å². The van der Waals surface area contributed by atoms with Crippen LogP contribution in [-0.4, -0.2) is 30.1 Å². The molecular formula is C29H29N3O2. The lowest BCUT2D eigenvalue weighted by atomic mass is 9.94. The molecule has 0 aromatic heterocycles. The molecule has 172 valence electrons. The Morgan fingerprint density at radius 2 is 1.50 bits per heavy atom. The molecule has 0 saturated heterocycles. The second-order valence-corrected chi connectivity index (χ2v) is 8.97. The number of hydrogen-bond acceptors (Lipinski definition) is 3. The molecule has 0 spiro atoms. The van der Waals surface area contributed by atoms with E-state index in [2.05, 4.69) is 5.32 Å². The number of carbonyl (C=O) groups is 2. The zero-order valence-electron chi connectivity index (χ0n) is 19.2. The highest BCUT2D eigenvalue weighted by atomic mass is 16.2. The van der Waals surface area contributed by atoms with Gasteiger partial charge in [0.2, 0.25) is 11.8 Å². The molecule has 34 heavy (non-hydrogen) atoms. The summed E-state index contributed by atoms with van der Waals surface area (Å²) < 4.78 is 0. The molecule has 2 amide bonds. The third kappa shape index (κ3) is 4.51. The Kier molecular flexibility index (Phi) is 6.52. The lowest BCUT2D eigenvalue weighted by Gasteiger charge is -2.33. The first-order chi connectivity index (χ1) is 16.7. The number of benzene rings is 3. The van der Waals surface area contributed by atoms with Gasteiger partial charge in [-0.05, 0) is 24.5 Å². The molecule has 1 N–H and O–H groups in total. The lowest BCUT2D eigenvalue weighted by molar-refractivity contribution is -0.126. The number of nitrogens with zero attached hydrogens (tertiary/aromatic N) is 2. The van der Waals surface area contributed by atoms with Gasteiger partial charge in [-0.3, -0.25) is 19.5 Å². The quantitative estimate of drug-likeness (QED) is 0.589. The molecule has 1 fully saturated rings. The molecule has 3 aromatic rings. The number of anilines is 1. The van der Waals surface area contributed by atoms with Crippen molar-refractivity contribution in [2.75, 3.05) is 11.4 Å². The number of para-hydroxylation sites is 1. The minimum atomic E-state index is -0.762. The van der Waals surface area contributed by atoms with Crippen molar-refractivity contribution in [1.82, 2.24) is 5.32 Å². The van der Waals surface area contributed by atoms with Crippen molar-refractivity contribution in [1.29, 1.82) is 0 Å². The van der Waals surface area contributed by atoms with Crippen LogP contribution in [0, 0.1) is 0 Å². The molecule has 1 atom stereocenters. The zero-order valence-corrected chi connectivity index (χ0v) is 19.2. The van der Waals surface area contributed by atoms with E-state index in [-0.39, 0.29) is 24.4 Å². The maximum atomic E-state index is 13.8. The molecule has 1 aliphatic carbocycles. The second-order valence-electron chi connectivity index (χ2n) is 8.97. The summed E-state index contributed by atoms with van der Waals surface area (Å²) in [5, 5.41) is 3.26. The van der Waals surface area contributed by atoms with Crippen LogP contribution in [0.2, 0.25) is 0 Å². The Morgan fingerprint density at radius 1 is 0.853 bits per heavy atom. The number of amides is 2. The van der Waals surface area contributed by atoms with E-state index >= 15 is 0 Å². The first-order valence-electron chi connectivity index (χ1n) is 12.1. The molecule has 0 bridgehead atoms. The van der Waals surface area contributed by atoms with Crippen LogP contribution >= 0.6 is 0 Å². The minimum absolute atomic E-state index is 0.0149. The summed E-state index contributed by atoms with van der Waals surface area (Å²) in [5.74, 6) is -0.324. The van der Waals surface area contributed by atoms with E-state index < -0.39 is 6.04 Å². The average Bonchev–Trinajstić information content (AvgIpc) is 3.03. The monoisotopic (exact) mass is 451 g/mol. The van der Waals surface area contributed by atoms with Crippen molar-refractivity contribution >= 4 is 23.2 Å². The molecular weight excluding hydrogens is 422 g/mol. The van der Waals surface area contributed by atoms with Gasteiger partial charge in [0, 0.05) is 17.2 Å². The molecule has 2 aliphatic rings. The van der Waals surface area contributed by atoms with Gasteiger partial charge in [-0.15, -0.1) is 0 Å². The second kappa shape index (κ2) is 10.0. The molecule has 1 unspecified atom stereocenters. The molecule has 1 saturated carbocycles. The molecule has 1 aliphatic heterocycles. The van der Waals surface area contributed by atoms with E-state index in [0.717, 1.165) is 48.1 Å². The summed E-state index contributed by atoms with van der Waals surface area (Å²) in [6.45, 7) is -0.0149. The predicted octanol–water partition coefficient (Wildman–Crippen LogP) is 5.06. The zero-order chi connectivity index (χ0) is 23.3. The number of benzodiazepines with no additional fused rings is 1. The largest absolute Gasteiger partial charge is 0.351 e. The Hall–Kier alpha value is -3.73. The number of rotatable bonds is 5. The van der Waals surface area contributed by atoms with Crippen molar-refractivity contribution in [2.24, 2.45) is 4.99 Å². The lowest BCUT2D eigenvalue weighted by Crippen LogP contribution is -2.47. The molecule has 3 aromatic carbocycles. The Labute approximate surface area is 200 Å². The van der Waals surface area contributed by atoms with Gasteiger partial charge in [0.15, 0.2) is 0 Å². The molecule has 0 radical (unpaired) electrons. The summed E-state index contributed by atoms with van der Waals surface area (Å²) in [7, 11) is 0. The fourth-order valence-electron chi connectivity index (χ4n) is 5.03. The Balaban J connectivity index is 1.58. The first-order valence-corrected chi connectivity index (χ1v) is 12.1. The van der Waals surface area contributed by atoms with E-state index in [9.17, 15) is 9.59 Å². The van der Waals surface area contributed by atoms with Crippen LogP contribution in [0.4, 0.5) is 5.69 Å². The summed E-state index contributed by atoms with van der Waals surface area (Å²) in [5.41, 5.74) is 4.08. The third-order valence-corrected chi connectivity index (χ3v) is 6.68. The van der Waals surface area contributed by atoms with Crippen LogP contribution in [0.15, 0.2) is 89.9 Å². The van der Waals surface area contributed by atoms with Crippen LogP contribution in [0.5, 0.6) is 0 Å². The van der Waals surface area contributed by atoms with E-state index in [4.69, 9.17) is 4.99 Å². The SMILES string of the molecule is O=C(NC1CCCCC1)C(c1ccccc1)N1C(=O)CN=C(c2ccccc2)c2ccccc21. The van der Waals surface area contributed by atoms with E-state index in [1.807, 2.05) is 84.9 Å². The highest BCUT2D eigenvalue weighted by Crippen LogP contribution is 2.34.